The number of rotatable bonds is 7. The monoisotopic (exact) mass is 428 g/mol. The Hall–Kier alpha value is -2.56. The smallest absolute Gasteiger partial charge is 0.239 e. The number of benzene rings is 1. The molecule has 4 rings (SSSR count). The van der Waals surface area contributed by atoms with Crippen LogP contribution in [0.1, 0.15) is 23.9 Å². The molecule has 0 aliphatic heterocycles. The molecule has 0 saturated heterocycles. The molecule has 0 fully saturated rings. The lowest BCUT2D eigenvalue weighted by Crippen LogP contribution is -2.24. The first-order valence-electron chi connectivity index (χ1n) is 9.13. The van der Waals surface area contributed by atoms with Crippen LogP contribution in [-0.4, -0.2) is 43.1 Å². The Bertz CT molecular complexity index is 1170. The average Bonchev–Trinajstić information content (AvgIpc) is 3.33. The number of ether oxygens (including phenoxy) is 1. The zero-order valence-corrected chi connectivity index (χ0v) is 17.9. The molecule has 1 N–H and O–H groups in total. The van der Waals surface area contributed by atoms with Gasteiger partial charge in [-0.05, 0) is 31.0 Å². The number of thioether (sulfide) groups is 1. The molecule has 1 unspecified atom stereocenters. The Morgan fingerprint density at radius 1 is 1.28 bits per heavy atom. The van der Waals surface area contributed by atoms with E-state index in [1.54, 1.807) is 7.11 Å². The van der Waals surface area contributed by atoms with Crippen molar-refractivity contribution in [3.05, 3.63) is 40.9 Å². The van der Waals surface area contributed by atoms with Gasteiger partial charge in [0.25, 0.3) is 0 Å². The SMILES string of the molecule is CCC(Sc1nnc2cc(C)c3ccccc3n12)C(=O)Nc1nnc(COC)s1. The Labute approximate surface area is 175 Å². The predicted molar refractivity (Wildman–Crippen MR) is 114 cm³/mol. The van der Waals surface area contributed by atoms with Gasteiger partial charge >= 0.3 is 0 Å². The molecule has 29 heavy (non-hydrogen) atoms. The van der Waals surface area contributed by atoms with Gasteiger partial charge in [0.2, 0.25) is 11.0 Å². The summed E-state index contributed by atoms with van der Waals surface area (Å²) in [7, 11) is 1.59. The van der Waals surface area contributed by atoms with Gasteiger partial charge in [-0.25, -0.2) is 0 Å². The van der Waals surface area contributed by atoms with Crippen LogP contribution >= 0.6 is 23.1 Å². The third-order valence-corrected chi connectivity index (χ3v) is 6.57. The summed E-state index contributed by atoms with van der Waals surface area (Å²) in [5, 5.41) is 22.2. The van der Waals surface area contributed by atoms with E-state index in [2.05, 4.69) is 38.7 Å². The van der Waals surface area contributed by atoms with Crippen LogP contribution < -0.4 is 5.32 Å². The summed E-state index contributed by atoms with van der Waals surface area (Å²) >= 11 is 2.71. The van der Waals surface area contributed by atoms with Crippen molar-refractivity contribution in [2.45, 2.75) is 37.3 Å². The minimum Gasteiger partial charge on any atom is -0.377 e. The molecule has 0 aliphatic carbocycles. The van der Waals surface area contributed by atoms with Gasteiger partial charge in [0.05, 0.1) is 10.8 Å². The molecular weight excluding hydrogens is 408 g/mol. The Morgan fingerprint density at radius 3 is 2.90 bits per heavy atom. The normalized spacial score (nSPS) is 12.5. The van der Waals surface area contributed by atoms with Crippen LogP contribution in [0.5, 0.6) is 0 Å². The predicted octanol–water partition coefficient (Wildman–Crippen LogP) is 3.70. The number of nitrogens with one attached hydrogen (secondary N) is 1. The summed E-state index contributed by atoms with van der Waals surface area (Å²) in [6, 6.07) is 10.1. The van der Waals surface area contributed by atoms with Gasteiger partial charge in [-0.2, -0.15) is 0 Å². The number of carbonyl (C=O) groups excluding carboxylic acids is 1. The number of carbonyl (C=O) groups is 1. The van der Waals surface area contributed by atoms with E-state index in [0.29, 0.717) is 28.3 Å². The van der Waals surface area contributed by atoms with E-state index in [1.165, 1.54) is 23.1 Å². The number of amides is 1. The summed E-state index contributed by atoms with van der Waals surface area (Å²) < 4.78 is 7.05. The van der Waals surface area contributed by atoms with Gasteiger partial charge < -0.3 is 4.74 Å². The van der Waals surface area contributed by atoms with Crippen molar-refractivity contribution >= 4 is 50.7 Å². The highest BCUT2D eigenvalue weighted by Gasteiger charge is 2.23. The lowest BCUT2D eigenvalue weighted by Gasteiger charge is -2.13. The molecule has 0 bridgehead atoms. The van der Waals surface area contributed by atoms with Crippen molar-refractivity contribution in [2.75, 3.05) is 12.4 Å². The zero-order chi connectivity index (χ0) is 20.4. The van der Waals surface area contributed by atoms with Crippen molar-refractivity contribution in [3.8, 4) is 0 Å². The highest BCUT2D eigenvalue weighted by atomic mass is 32.2. The summed E-state index contributed by atoms with van der Waals surface area (Å²) in [4.78, 5) is 12.8. The minimum atomic E-state index is -0.336. The molecule has 4 aromatic rings. The number of nitrogens with zero attached hydrogens (tertiary/aromatic N) is 5. The quantitative estimate of drug-likeness (QED) is 0.449. The Balaban J connectivity index is 1.60. The van der Waals surface area contributed by atoms with Gasteiger partial charge in [0.1, 0.15) is 11.6 Å². The number of methoxy groups -OCH3 is 1. The molecule has 3 heterocycles. The van der Waals surface area contributed by atoms with Crippen LogP contribution in [0.2, 0.25) is 0 Å². The van der Waals surface area contributed by atoms with Gasteiger partial charge in [-0.3, -0.25) is 14.5 Å². The molecule has 3 aromatic heterocycles. The number of anilines is 1. The zero-order valence-electron chi connectivity index (χ0n) is 16.2. The second-order valence-corrected chi connectivity index (χ2v) is 8.69. The molecule has 10 heteroatoms. The van der Waals surface area contributed by atoms with E-state index >= 15 is 0 Å². The first-order chi connectivity index (χ1) is 14.1. The number of aryl methyl sites for hydroxylation is 1. The summed E-state index contributed by atoms with van der Waals surface area (Å²) in [6.45, 7) is 4.41. The highest BCUT2D eigenvalue weighted by molar-refractivity contribution is 8.00. The van der Waals surface area contributed by atoms with Gasteiger partial charge in [0, 0.05) is 12.5 Å². The standard InChI is InChI=1S/C19H20N6O2S2/c1-4-14(17(26)20-18-23-22-16(29-18)10-27-3)28-19-24-21-15-9-11(2)12-7-5-6-8-13(12)25(15)19/h5-9,14H,4,10H2,1-3H3,(H,20,23,26). The van der Waals surface area contributed by atoms with Crippen LogP contribution in [0.3, 0.4) is 0 Å². The van der Waals surface area contributed by atoms with Crippen molar-refractivity contribution in [1.82, 2.24) is 24.8 Å². The van der Waals surface area contributed by atoms with Gasteiger partial charge in [-0.1, -0.05) is 48.2 Å². The Kier molecular flexibility index (Phi) is 5.74. The molecular formula is C19H20N6O2S2. The first-order valence-corrected chi connectivity index (χ1v) is 10.8. The third kappa shape index (κ3) is 3.96. The number of fused-ring (bicyclic) bond motifs is 3. The molecule has 0 spiro atoms. The highest BCUT2D eigenvalue weighted by Crippen LogP contribution is 2.30. The maximum absolute atomic E-state index is 12.8. The number of aromatic nitrogens is 5. The lowest BCUT2D eigenvalue weighted by atomic mass is 10.1. The Morgan fingerprint density at radius 2 is 2.10 bits per heavy atom. The van der Waals surface area contributed by atoms with E-state index in [4.69, 9.17) is 4.74 Å². The lowest BCUT2D eigenvalue weighted by molar-refractivity contribution is -0.115. The molecule has 1 atom stereocenters. The van der Waals surface area contributed by atoms with Crippen molar-refractivity contribution in [3.63, 3.8) is 0 Å². The fraction of sp³-hybridized carbons (Fsp3) is 0.316. The van der Waals surface area contributed by atoms with Crippen molar-refractivity contribution < 1.29 is 9.53 Å². The molecule has 150 valence electrons. The van der Waals surface area contributed by atoms with Gasteiger partial charge in [-0.15, -0.1) is 20.4 Å². The van der Waals surface area contributed by atoms with Crippen molar-refractivity contribution in [1.29, 1.82) is 0 Å². The topological polar surface area (TPSA) is 94.3 Å². The number of hydrogen-bond acceptors (Lipinski definition) is 8. The molecule has 0 aliphatic rings. The van der Waals surface area contributed by atoms with E-state index in [9.17, 15) is 4.79 Å². The van der Waals surface area contributed by atoms with Crippen LogP contribution in [0.25, 0.3) is 16.6 Å². The second kappa shape index (κ2) is 8.44. The van der Waals surface area contributed by atoms with Crippen LogP contribution in [0.15, 0.2) is 35.5 Å². The number of pyridine rings is 1. The largest absolute Gasteiger partial charge is 0.377 e. The van der Waals surface area contributed by atoms with Crippen LogP contribution in [-0.2, 0) is 16.1 Å². The summed E-state index contributed by atoms with van der Waals surface area (Å²) in [5.74, 6) is -0.134. The first kappa shape index (κ1) is 19.7. The molecule has 1 aromatic carbocycles. The van der Waals surface area contributed by atoms with Gasteiger partial charge in [0.15, 0.2) is 10.8 Å². The molecule has 8 nitrogen and oxygen atoms in total. The van der Waals surface area contributed by atoms with Crippen molar-refractivity contribution in [2.24, 2.45) is 0 Å². The average molecular weight is 429 g/mol. The molecule has 0 saturated carbocycles. The maximum atomic E-state index is 12.8. The number of para-hydroxylation sites is 1. The second-order valence-electron chi connectivity index (χ2n) is 6.46. The molecule has 0 radical (unpaired) electrons. The van der Waals surface area contributed by atoms with E-state index < -0.39 is 0 Å². The molecule has 1 amide bonds. The van der Waals surface area contributed by atoms with E-state index in [1.807, 2.05) is 35.6 Å². The van der Waals surface area contributed by atoms with Crippen LogP contribution in [0.4, 0.5) is 5.13 Å². The van der Waals surface area contributed by atoms with Crippen LogP contribution in [0, 0.1) is 6.92 Å². The number of hydrogen-bond donors (Lipinski definition) is 1. The van der Waals surface area contributed by atoms with E-state index in [0.717, 1.165) is 22.1 Å². The van der Waals surface area contributed by atoms with E-state index in [-0.39, 0.29) is 11.2 Å². The fourth-order valence-electron chi connectivity index (χ4n) is 3.07. The summed E-state index contributed by atoms with van der Waals surface area (Å²) in [5.41, 5.74) is 2.94. The minimum absolute atomic E-state index is 0.134. The fourth-order valence-corrected chi connectivity index (χ4v) is 4.76. The third-order valence-electron chi connectivity index (χ3n) is 4.45. The summed E-state index contributed by atoms with van der Waals surface area (Å²) in [6.07, 6.45) is 0.638. The maximum Gasteiger partial charge on any atom is 0.239 e.